The predicted octanol–water partition coefficient (Wildman–Crippen LogP) is 2.87. The van der Waals surface area contributed by atoms with E-state index in [9.17, 15) is 4.79 Å². The third-order valence-corrected chi connectivity index (χ3v) is 5.09. The molecule has 0 spiro atoms. The molecule has 6 nitrogen and oxygen atoms in total. The van der Waals surface area contributed by atoms with Gasteiger partial charge in [-0.15, -0.1) is 0 Å². The van der Waals surface area contributed by atoms with Crippen LogP contribution in [-0.2, 0) is 19.5 Å². The lowest BCUT2D eigenvalue weighted by Crippen LogP contribution is -2.35. The van der Waals surface area contributed by atoms with Gasteiger partial charge in [0.15, 0.2) is 0 Å². The van der Waals surface area contributed by atoms with Crippen molar-refractivity contribution in [2.24, 2.45) is 0 Å². The van der Waals surface area contributed by atoms with E-state index in [1.165, 1.54) is 11.1 Å². The maximum Gasteiger partial charge on any atom is 0.254 e. The molecule has 0 amide bonds. The number of benzene rings is 1. The number of hydrogen-bond acceptors (Lipinski definition) is 4. The number of nitrogens with zero attached hydrogens (tertiary/aromatic N) is 3. The number of aromatic nitrogens is 4. The van der Waals surface area contributed by atoms with E-state index in [0.29, 0.717) is 18.8 Å². The summed E-state index contributed by atoms with van der Waals surface area (Å²) in [4.78, 5) is 30.0. The molecule has 6 heteroatoms. The van der Waals surface area contributed by atoms with Crippen LogP contribution in [0.25, 0.3) is 22.3 Å². The molecule has 0 radical (unpaired) electrons. The van der Waals surface area contributed by atoms with Crippen molar-refractivity contribution < 1.29 is 0 Å². The van der Waals surface area contributed by atoms with Gasteiger partial charge in [0.1, 0.15) is 5.82 Å². The van der Waals surface area contributed by atoms with E-state index >= 15 is 0 Å². The topological polar surface area (TPSA) is 77.7 Å². The van der Waals surface area contributed by atoms with E-state index in [2.05, 4.69) is 38.1 Å². The van der Waals surface area contributed by atoms with E-state index in [0.717, 1.165) is 35.4 Å². The zero-order valence-electron chi connectivity index (χ0n) is 14.8. The largest absolute Gasteiger partial charge is 0.357 e. The lowest BCUT2D eigenvalue weighted by atomic mass is 10.1. The highest BCUT2D eigenvalue weighted by molar-refractivity contribution is 5.80. The van der Waals surface area contributed by atoms with Crippen LogP contribution in [-0.4, -0.2) is 31.4 Å². The standard InChI is InChI=1S/C21H19N5O/c27-21-17-7-10-26(12-16-11-15-3-1-2-4-18(15)23-16)13-19(17)24-20(25-21)14-5-8-22-9-6-14/h1-6,8-9,11,23H,7,10,12-13H2,(H,24,25,27). The summed E-state index contributed by atoms with van der Waals surface area (Å²) in [7, 11) is 0. The number of rotatable bonds is 3. The predicted molar refractivity (Wildman–Crippen MR) is 104 cm³/mol. The van der Waals surface area contributed by atoms with Gasteiger partial charge in [-0.2, -0.15) is 0 Å². The van der Waals surface area contributed by atoms with Crippen LogP contribution >= 0.6 is 0 Å². The third-order valence-electron chi connectivity index (χ3n) is 5.09. The highest BCUT2D eigenvalue weighted by Gasteiger charge is 2.22. The van der Waals surface area contributed by atoms with E-state index < -0.39 is 0 Å². The average Bonchev–Trinajstić information content (AvgIpc) is 3.10. The Morgan fingerprint density at radius 1 is 1.07 bits per heavy atom. The molecule has 0 bridgehead atoms. The van der Waals surface area contributed by atoms with Crippen LogP contribution in [0.2, 0.25) is 0 Å². The molecule has 5 rings (SSSR count). The highest BCUT2D eigenvalue weighted by Crippen LogP contribution is 2.21. The van der Waals surface area contributed by atoms with Crippen molar-refractivity contribution in [2.75, 3.05) is 6.54 Å². The fourth-order valence-electron chi connectivity index (χ4n) is 3.73. The van der Waals surface area contributed by atoms with Crippen LogP contribution < -0.4 is 5.56 Å². The van der Waals surface area contributed by atoms with Gasteiger partial charge in [-0.05, 0) is 36.1 Å². The molecule has 0 saturated heterocycles. The zero-order chi connectivity index (χ0) is 18.2. The molecule has 1 aromatic carbocycles. The number of hydrogen-bond donors (Lipinski definition) is 2. The lowest BCUT2D eigenvalue weighted by molar-refractivity contribution is 0.238. The van der Waals surface area contributed by atoms with Crippen LogP contribution in [0.15, 0.2) is 59.7 Å². The Morgan fingerprint density at radius 2 is 1.93 bits per heavy atom. The fraction of sp³-hybridized carbons (Fsp3) is 0.190. The second kappa shape index (κ2) is 6.48. The molecule has 27 heavy (non-hydrogen) atoms. The monoisotopic (exact) mass is 357 g/mol. The molecule has 134 valence electrons. The molecule has 0 atom stereocenters. The van der Waals surface area contributed by atoms with E-state index in [1.54, 1.807) is 12.4 Å². The molecule has 1 aliphatic heterocycles. The van der Waals surface area contributed by atoms with Crippen molar-refractivity contribution in [3.63, 3.8) is 0 Å². The first-order chi connectivity index (χ1) is 13.3. The van der Waals surface area contributed by atoms with Gasteiger partial charge in [0.2, 0.25) is 0 Å². The Kier molecular flexibility index (Phi) is 3.83. The quantitative estimate of drug-likeness (QED) is 0.591. The number of aromatic amines is 2. The molecule has 3 aromatic heterocycles. The summed E-state index contributed by atoms with van der Waals surface area (Å²) in [6.07, 6.45) is 4.13. The van der Waals surface area contributed by atoms with Gasteiger partial charge in [-0.1, -0.05) is 18.2 Å². The van der Waals surface area contributed by atoms with Crippen molar-refractivity contribution in [1.82, 2.24) is 24.8 Å². The summed E-state index contributed by atoms with van der Waals surface area (Å²) < 4.78 is 0. The molecular formula is C21H19N5O. The zero-order valence-corrected chi connectivity index (χ0v) is 14.8. The summed E-state index contributed by atoms with van der Waals surface area (Å²) in [5.74, 6) is 0.605. The van der Waals surface area contributed by atoms with Gasteiger partial charge < -0.3 is 9.97 Å². The highest BCUT2D eigenvalue weighted by atomic mass is 16.1. The molecule has 4 heterocycles. The van der Waals surface area contributed by atoms with Crippen LogP contribution in [0.5, 0.6) is 0 Å². The summed E-state index contributed by atoms with van der Waals surface area (Å²) >= 11 is 0. The summed E-state index contributed by atoms with van der Waals surface area (Å²) in [5.41, 5.74) is 4.85. The van der Waals surface area contributed by atoms with Gasteiger partial charge in [0.25, 0.3) is 5.56 Å². The van der Waals surface area contributed by atoms with Crippen LogP contribution in [0.4, 0.5) is 0 Å². The molecule has 1 aliphatic rings. The summed E-state index contributed by atoms with van der Waals surface area (Å²) in [6, 6.07) is 14.2. The first-order valence-corrected chi connectivity index (χ1v) is 9.08. The number of para-hydroxylation sites is 1. The Labute approximate surface area is 155 Å². The van der Waals surface area contributed by atoms with Gasteiger partial charge in [-0.25, -0.2) is 4.98 Å². The lowest BCUT2D eigenvalue weighted by Gasteiger charge is -2.27. The van der Waals surface area contributed by atoms with E-state index in [4.69, 9.17) is 4.98 Å². The molecule has 0 saturated carbocycles. The SMILES string of the molecule is O=c1[nH]c(-c2ccncc2)nc2c1CCN(Cc1cc3ccccc3[nH]1)C2. The first kappa shape index (κ1) is 16.0. The van der Waals surface area contributed by atoms with Crippen LogP contribution in [0.3, 0.4) is 0 Å². The fourth-order valence-corrected chi connectivity index (χ4v) is 3.73. The molecule has 0 aliphatic carbocycles. The number of pyridine rings is 1. The molecule has 2 N–H and O–H groups in total. The first-order valence-electron chi connectivity index (χ1n) is 9.08. The van der Waals surface area contributed by atoms with Crippen molar-refractivity contribution in [1.29, 1.82) is 0 Å². The minimum Gasteiger partial charge on any atom is -0.357 e. The average molecular weight is 357 g/mol. The van der Waals surface area contributed by atoms with Gasteiger partial charge >= 0.3 is 0 Å². The normalized spacial score (nSPS) is 14.4. The third kappa shape index (κ3) is 3.04. The Morgan fingerprint density at radius 3 is 2.78 bits per heavy atom. The minimum absolute atomic E-state index is 0.0305. The van der Waals surface area contributed by atoms with Crippen LogP contribution in [0.1, 0.15) is 17.0 Å². The molecular weight excluding hydrogens is 338 g/mol. The number of nitrogens with one attached hydrogen (secondary N) is 2. The maximum atomic E-state index is 12.5. The van der Waals surface area contributed by atoms with Crippen molar-refractivity contribution in [3.8, 4) is 11.4 Å². The van der Waals surface area contributed by atoms with Crippen molar-refractivity contribution >= 4 is 10.9 Å². The number of H-pyrrole nitrogens is 2. The summed E-state index contributed by atoms with van der Waals surface area (Å²) in [6.45, 7) is 2.33. The Balaban J connectivity index is 1.43. The number of fused-ring (bicyclic) bond motifs is 2. The maximum absolute atomic E-state index is 12.5. The van der Waals surface area contributed by atoms with Gasteiger partial charge in [-0.3, -0.25) is 14.7 Å². The molecule has 4 aromatic rings. The van der Waals surface area contributed by atoms with E-state index in [1.807, 2.05) is 24.3 Å². The second-order valence-corrected chi connectivity index (χ2v) is 6.92. The smallest absolute Gasteiger partial charge is 0.254 e. The van der Waals surface area contributed by atoms with Crippen molar-refractivity contribution in [2.45, 2.75) is 19.5 Å². The second-order valence-electron chi connectivity index (χ2n) is 6.92. The van der Waals surface area contributed by atoms with Gasteiger partial charge in [0.05, 0.1) is 5.69 Å². The molecule has 0 fully saturated rings. The molecule has 0 unspecified atom stereocenters. The van der Waals surface area contributed by atoms with Crippen molar-refractivity contribution in [3.05, 3.63) is 82.2 Å². The van der Waals surface area contributed by atoms with E-state index in [-0.39, 0.29) is 5.56 Å². The van der Waals surface area contributed by atoms with Gasteiger partial charge in [0, 0.05) is 54.4 Å². The summed E-state index contributed by atoms with van der Waals surface area (Å²) in [5, 5.41) is 1.22. The minimum atomic E-state index is -0.0305. The Bertz CT molecular complexity index is 1130. The van der Waals surface area contributed by atoms with Crippen LogP contribution in [0, 0.1) is 0 Å². The Hall–Kier alpha value is -3.25.